The normalized spacial score (nSPS) is 18.4. The average molecular weight is 432 g/mol. The lowest BCUT2D eigenvalue weighted by Crippen LogP contribution is -2.35. The number of rotatable bonds is 4. The lowest BCUT2D eigenvalue weighted by Gasteiger charge is -2.33. The van der Waals surface area contributed by atoms with Crippen LogP contribution in [0, 0.1) is 13.8 Å². The first-order valence-electron chi connectivity index (χ1n) is 9.88. The fourth-order valence-electron chi connectivity index (χ4n) is 3.69. The molecule has 0 bridgehead atoms. The van der Waals surface area contributed by atoms with Crippen LogP contribution in [0.15, 0.2) is 36.5 Å². The Morgan fingerprint density at radius 2 is 1.97 bits per heavy atom. The van der Waals surface area contributed by atoms with E-state index >= 15 is 0 Å². The maximum Gasteiger partial charge on any atom is 0.410 e. The molecule has 0 saturated carbocycles. The lowest BCUT2D eigenvalue weighted by molar-refractivity contribution is -0.173. The summed E-state index contributed by atoms with van der Waals surface area (Å²) in [4.78, 5) is 12.6. The largest absolute Gasteiger partial charge is 0.410 e. The van der Waals surface area contributed by atoms with Crippen LogP contribution >= 0.6 is 0 Å². The van der Waals surface area contributed by atoms with Crippen LogP contribution in [0.2, 0.25) is 0 Å². The first-order valence-corrected chi connectivity index (χ1v) is 9.88. The molecule has 2 N–H and O–H groups in total. The van der Waals surface area contributed by atoms with Crippen LogP contribution in [0.25, 0.3) is 0 Å². The Balaban J connectivity index is 1.58. The van der Waals surface area contributed by atoms with Crippen molar-refractivity contribution in [2.24, 2.45) is 7.05 Å². The summed E-state index contributed by atoms with van der Waals surface area (Å²) >= 11 is 0. The van der Waals surface area contributed by atoms with Crippen molar-refractivity contribution >= 4 is 11.7 Å². The number of nitrogens with one attached hydrogen (secondary N) is 2. The van der Waals surface area contributed by atoms with Crippen LogP contribution in [0.4, 0.5) is 19.0 Å². The summed E-state index contributed by atoms with van der Waals surface area (Å²) in [6.07, 6.45) is -3.06. The molecule has 2 atom stereocenters. The Morgan fingerprint density at radius 3 is 2.58 bits per heavy atom. The first kappa shape index (κ1) is 21.0. The number of aromatic nitrogens is 4. The van der Waals surface area contributed by atoms with Gasteiger partial charge >= 0.3 is 6.18 Å². The molecule has 3 aromatic rings. The smallest absolute Gasteiger partial charge is 0.363 e. The second-order valence-electron chi connectivity index (χ2n) is 7.82. The molecule has 31 heavy (non-hydrogen) atoms. The molecular formula is C21H23F3N6O. The van der Waals surface area contributed by atoms with Crippen molar-refractivity contribution in [1.29, 1.82) is 0 Å². The van der Waals surface area contributed by atoms with Gasteiger partial charge in [0.25, 0.3) is 5.91 Å². The monoisotopic (exact) mass is 432 g/mol. The molecule has 164 valence electrons. The highest BCUT2D eigenvalue weighted by atomic mass is 19.4. The lowest BCUT2D eigenvalue weighted by atomic mass is 9.96. The summed E-state index contributed by atoms with van der Waals surface area (Å²) in [5, 5.41) is 13.9. The van der Waals surface area contributed by atoms with Crippen LogP contribution < -0.4 is 10.6 Å². The van der Waals surface area contributed by atoms with Gasteiger partial charge in [-0.25, -0.2) is 4.68 Å². The van der Waals surface area contributed by atoms with Gasteiger partial charge in [-0.15, -0.1) is 0 Å². The van der Waals surface area contributed by atoms with E-state index in [0.717, 1.165) is 27.1 Å². The predicted octanol–water partition coefficient (Wildman–Crippen LogP) is 3.82. The minimum absolute atomic E-state index is 0.0668. The van der Waals surface area contributed by atoms with Gasteiger partial charge in [0.05, 0.1) is 12.2 Å². The molecule has 0 spiro atoms. The Morgan fingerprint density at radius 1 is 1.26 bits per heavy atom. The molecule has 4 rings (SSSR count). The number of aryl methyl sites for hydroxylation is 2. The predicted molar refractivity (Wildman–Crippen MR) is 109 cm³/mol. The Bertz CT molecular complexity index is 1100. The molecule has 1 amide bonds. The van der Waals surface area contributed by atoms with Crippen molar-refractivity contribution in [3.05, 3.63) is 64.6 Å². The Hall–Kier alpha value is -3.30. The van der Waals surface area contributed by atoms with Gasteiger partial charge in [0.2, 0.25) is 0 Å². The topological polar surface area (TPSA) is 76.8 Å². The molecule has 2 aromatic heterocycles. The minimum Gasteiger partial charge on any atom is -0.363 e. The van der Waals surface area contributed by atoms with Gasteiger partial charge in [0, 0.05) is 37.3 Å². The zero-order chi connectivity index (χ0) is 22.3. The Labute approximate surface area is 177 Å². The molecule has 7 nitrogen and oxygen atoms in total. The van der Waals surface area contributed by atoms with Gasteiger partial charge in [0.15, 0.2) is 11.7 Å². The number of alkyl halides is 3. The molecule has 1 aromatic carbocycles. The van der Waals surface area contributed by atoms with Crippen LogP contribution in [-0.2, 0) is 13.6 Å². The number of fused-ring (bicyclic) bond motifs is 1. The van der Waals surface area contributed by atoms with Crippen LogP contribution in [0.1, 0.15) is 51.4 Å². The number of hydrogen-bond acceptors (Lipinski definition) is 4. The van der Waals surface area contributed by atoms with Crippen LogP contribution in [-0.4, -0.2) is 31.6 Å². The van der Waals surface area contributed by atoms with E-state index in [2.05, 4.69) is 20.8 Å². The van der Waals surface area contributed by atoms with Crippen molar-refractivity contribution in [1.82, 2.24) is 24.9 Å². The van der Waals surface area contributed by atoms with E-state index in [1.54, 1.807) is 17.9 Å². The molecule has 1 aliphatic rings. The maximum atomic E-state index is 13.8. The number of carbonyl (C=O) groups is 1. The summed E-state index contributed by atoms with van der Waals surface area (Å²) in [6, 6.07) is 6.37. The summed E-state index contributed by atoms with van der Waals surface area (Å²) in [6.45, 7) is 4.00. The van der Waals surface area contributed by atoms with Crippen molar-refractivity contribution in [3.8, 4) is 0 Å². The van der Waals surface area contributed by atoms with Crippen molar-refractivity contribution in [3.63, 3.8) is 0 Å². The van der Waals surface area contributed by atoms with E-state index in [-0.39, 0.29) is 24.5 Å². The molecule has 0 fully saturated rings. The highest BCUT2D eigenvalue weighted by molar-refractivity contribution is 5.93. The fourth-order valence-corrected chi connectivity index (χ4v) is 3.69. The fraction of sp³-hybridized carbons (Fsp3) is 0.381. The second-order valence-corrected chi connectivity index (χ2v) is 7.82. The summed E-state index contributed by atoms with van der Waals surface area (Å²) in [7, 11) is 1.79. The molecule has 0 unspecified atom stereocenters. The van der Waals surface area contributed by atoms with Gasteiger partial charge in [-0.2, -0.15) is 23.4 Å². The van der Waals surface area contributed by atoms with Crippen LogP contribution in [0.5, 0.6) is 0 Å². The molecule has 0 aliphatic carbocycles. The van der Waals surface area contributed by atoms with E-state index in [1.807, 2.05) is 38.1 Å². The number of anilines is 1. The van der Waals surface area contributed by atoms with Crippen molar-refractivity contribution in [2.45, 2.75) is 45.1 Å². The molecule has 3 heterocycles. The quantitative estimate of drug-likeness (QED) is 0.657. The number of amides is 1. The van der Waals surface area contributed by atoms with E-state index in [0.29, 0.717) is 0 Å². The first-order chi connectivity index (χ1) is 14.6. The van der Waals surface area contributed by atoms with Gasteiger partial charge in [-0.1, -0.05) is 29.8 Å². The van der Waals surface area contributed by atoms with Gasteiger partial charge in [-0.05, 0) is 19.4 Å². The zero-order valence-corrected chi connectivity index (χ0v) is 17.4. The number of benzene rings is 1. The molecule has 1 aliphatic heterocycles. The molecular weight excluding hydrogens is 409 g/mol. The van der Waals surface area contributed by atoms with E-state index in [9.17, 15) is 18.0 Å². The average Bonchev–Trinajstić information content (AvgIpc) is 3.29. The van der Waals surface area contributed by atoms with Gasteiger partial charge < -0.3 is 10.6 Å². The maximum absolute atomic E-state index is 13.8. The van der Waals surface area contributed by atoms with E-state index < -0.39 is 24.2 Å². The van der Waals surface area contributed by atoms with Crippen LogP contribution in [0.3, 0.4) is 0 Å². The summed E-state index contributed by atoms with van der Waals surface area (Å²) in [5.74, 6) is -0.373. The zero-order valence-electron chi connectivity index (χ0n) is 17.4. The number of halogens is 3. The van der Waals surface area contributed by atoms with E-state index in [1.165, 1.54) is 6.07 Å². The summed E-state index contributed by atoms with van der Waals surface area (Å²) in [5.41, 5.74) is 3.43. The number of carbonyl (C=O) groups excluding carboxylic acids is 1. The summed E-state index contributed by atoms with van der Waals surface area (Å²) < 4.78 is 44.0. The minimum atomic E-state index is -4.49. The third-order valence-electron chi connectivity index (χ3n) is 5.68. The molecule has 0 saturated heterocycles. The SMILES string of the molecule is Cc1ccc([C@@H]2C[C@H](C(F)(F)F)n3nc(C(=O)NCc4cnn(C)c4C)cc3N2)cc1. The highest BCUT2D eigenvalue weighted by Gasteiger charge is 2.46. The van der Waals surface area contributed by atoms with Gasteiger partial charge in [-0.3, -0.25) is 9.48 Å². The van der Waals surface area contributed by atoms with E-state index in [4.69, 9.17) is 0 Å². The highest BCUT2D eigenvalue weighted by Crippen LogP contribution is 2.43. The second kappa shape index (κ2) is 7.75. The number of nitrogens with zero attached hydrogens (tertiary/aromatic N) is 4. The van der Waals surface area contributed by atoms with Crippen molar-refractivity contribution < 1.29 is 18.0 Å². The third kappa shape index (κ3) is 4.14. The standard InChI is InChI=1S/C21H23F3N6O/c1-12-4-6-14(7-5-12)16-8-18(21(22,23)24)30-19(27-16)9-17(28-30)20(31)25-10-15-11-26-29(3)13(15)2/h4-7,9,11,16,18,27H,8,10H2,1-3H3,(H,25,31)/t16-,18+/m0/s1. The molecule has 0 radical (unpaired) electrons. The third-order valence-corrected chi connectivity index (χ3v) is 5.68. The Kier molecular flexibility index (Phi) is 5.24. The van der Waals surface area contributed by atoms with Gasteiger partial charge in [0.1, 0.15) is 5.82 Å². The molecule has 10 heteroatoms. The number of hydrogen-bond donors (Lipinski definition) is 2. The van der Waals surface area contributed by atoms with Crippen molar-refractivity contribution in [2.75, 3.05) is 5.32 Å².